The minimum atomic E-state index is 0.0713. The molecule has 0 unspecified atom stereocenters. The standard InChI is InChI=1S/C16H19N3O2/c1-3-21-15-7-6-12-11-19(10-8-13(12)17-15)16(20)14-5-4-9-18(14)2/h4-7,9H,3,8,10-11H2,1-2H3. The molecule has 1 aliphatic heterocycles. The topological polar surface area (TPSA) is 47.4 Å². The summed E-state index contributed by atoms with van der Waals surface area (Å²) in [5, 5.41) is 0. The Morgan fingerprint density at radius 3 is 2.95 bits per heavy atom. The maximum Gasteiger partial charge on any atom is 0.270 e. The summed E-state index contributed by atoms with van der Waals surface area (Å²) in [7, 11) is 1.89. The number of ether oxygens (including phenoxy) is 1. The molecule has 21 heavy (non-hydrogen) atoms. The van der Waals surface area contributed by atoms with Crippen molar-refractivity contribution in [1.29, 1.82) is 0 Å². The largest absolute Gasteiger partial charge is 0.478 e. The third kappa shape index (κ3) is 2.63. The van der Waals surface area contributed by atoms with Crippen molar-refractivity contribution in [3.8, 4) is 5.88 Å². The number of carbonyl (C=O) groups is 1. The van der Waals surface area contributed by atoms with Crippen molar-refractivity contribution in [2.75, 3.05) is 13.2 Å². The molecule has 0 aliphatic carbocycles. The first-order valence-electron chi connectivity index (χ1n) is 7.21. The number of fused-ring (bicyclic) bond motifs is 1. The van der Waals surface area contributed by atoms with Crippen LogP contribution < -0.4 is 4.74 Å². The van der Waals surface area contributed by atoms with Crippen molar-refractivity contribution in [2.24, 2.45) is 7.05 Å². The molecule has 3 heterocycles. The van der Waals surface area contributed by atoms with Crippen LogP contribution in [-0.2, 0) is 20.0 Å². The van der Waals surface area contributed by atoms with Gasteiger partial charge in [0.25, 0.3) is 5.91 Å². The van der Waals surface area contributed by atoms with Crippen LogP contribution in [0.1, 0.15) is 28.7 Å². The average Bonchev–Trinajstić information content (AvgIpc) is 2.92. The second-order valence-electron chi connectivity index (χ2n) is 5.17. The van der Waals surface area contributed by atoms with Crippen molar-refractivity contribution < 1.29 is 9.53 Å². The van der Waals surface area contributed by atoms with Gasteiger partial charge in [0.1, 0.15) is 5.69 Å². The van der Waals surface area contributed by atoms with E-state index in [9.17, 15) is 4.79 Å². The number of pyridine rings is 1. The minimum Gasteiger partial charge on any atom is -0.478 e. The Morgan fingerprint density at radius 1 is 1.38 bits per heavy atom. The second-order valence-corrected chi connectivity index (χ2v) is 5.17. The van der Waals surface area contributed by atoms with E-state index in [1.165, 1.54) is 0 Å². The smallest absolute Gasteiger partial charge is 0.270 e. The molecule has 0 N–H and O–H groups in total. The molecular weight excluding hydrogens is 266 g/mol. The summed E-state index contributed by atoms with van der Waals surface area (Å²) in [6, 6.07) is 7.63. The Bertz CT molecular complexity index is 663. The third-order valence-electron chi connectivity index (χ3n) is 3.76. The van der Waals surface area contributed by atoms with E-state index in [4.69, 9.17) is 4.74 Å². The lowest BCUT2D eigenvalue weighted by Crippen LogP contribution is -2.37. The van der Waals surface area contributed by atoms with Crippen LogP contribution in [0, 0.1) is 0 Å². The predicted octanol–water partition coefficient (Wildman–Crippen LogP) is 2.02. The van der Waals surface area contributed by atoms with E-state index < -0.39 is 0 Å². The maximum atomic E-state index is 12.5. The van der Waals surface area contributed by atoms with Crippen LogP contribution in [0.4, 0.5) is 0 Å². The first-order valence-corrected chi connectivity index (χ1v) is 7.21. The van der Waals surface area contributed by atoms with E-state index in [0.29, 0.717) is 25.6 Å². The first kappa shape index (κ1) is 13.7. The van der Waals surface area contributed by atoms with Crippen molar-refractivity contribution in [2.45, 2.75) is 19.9 Å². The average molecular weight is 285 g/mol. The Morgan fingerprint density at radius 2 is 2.24 bits per heavy atom. The van der Waals surface area contributed by atoms with Gasteiger partial charge >= 0.3 is 0 Å². The number of hydrogen-bond donors (Lipinski definition) is 0. The minimum absolute atomic E-state index is 0.0713. The summed E-state index contributed by atoms with van der Waals surface area (Å²) < 4.78 is 7.28. The summed E-state index contributed by atoms with van der Waals surface area (Å²) in [5.41, 5.74) is 2.86. The number of aryl methyl sites for hydroxylation is 1. The highest BCUT2D eigenvalue weighted by Crippen LogP contribution is 2.21. The fraction of sp³-hybridized carbons (Fsp3) is 0.375. The van der Waals surface area contributed by atoms with E-state index in [2.05, 4.69) is 4.98 Å². The molecule has 2 aromatic heterocycles. The van der Waals surface area contributed by atoms with Gasteiger partial charge in [0, 0.05) is 38.8 Å². The van der Waals surface area contributed by atoms with Crippen LogP contribution in [0.5, 0.6) is 5.88 Å². The molecule has 110 valence electrons. The lowest BCUT2D eigenvalue weighted by Gasteiger charge is -2.28. The highest BCUT2D eigenvalue weighted by Gasteiger charge is 2.24. The SMILES string of the molecule is CCOc1ccc2c(n1)CCN(C(=O)c1cccn1C)C2. The van der Waals surface area contributed by atoms with Crippen LogP contribution in [0.25, 0.3) is 0 Å². The van der Waals surface area contributed by atoms with Gasteiger partial charge in [-0.25, -0.2) is 4.98 Å². The lowest BCUT2D eigenvalue weighted by molar-refractivity contribution is 0.0723. The zero-order valence-corrected chi connectivity index (χ0v) is 12.4. The number of amides is 1. The van der Waals surface area contributed by atoms with Gasteiger partial charge in [-0.05, 0) is 24.6 Å². The quantitative estimate of drug-likeness (QED) is 0.867. The van der Waals surface area contributed by atoms with E-state index in [1.54, 1.807) is 0 Å². The number of hydrogen-bond acceptors (Lipinski definition) is 3. The summed E-state index contributed by atoms with van der Waals surface area (Å²) in [6.45, 7) is 3.86. The molecule has 1 amide bonds. The molecule has 0 bridgehead atoms. The maximum absolute atomic E-state index is 12.5. The number of nitrogens with zero attached hydrogens (tertiary/aromatic N) is 3. The van der Waals surface area contributed by atoms with Crippen LogP contribution >= 0.6 is 0 Å². The van der Waals surface area contributed by atoms with Gasteiger partial charge in [0.15, 0.2) is 0 Å². The molecule has 0 saturated carbocycles. The summed E-state index contributed by atoms with van der Waals surface area (Å²) in [5.74, 6) is 0.737. The van der Waals surface area contributed by atoms with E-state index in [1.807, 2.05) is 53.9 Å². The zero-order chi connectivity index (χ0) is 14.8. The highest BCUT2D eigenvalue weighted by molar-refractivity contribution is 5.92. The van der Waals surface area contributed by atoms with Gasteiger partial charge in [-0.2, -0.15) is 0 Å². The second kappa shape index (κ2) is 5.60. The first-order chi connectivity index (χ1) is 10.2. The summed E-state index contributed by atoms with van der Waals surface area (Å²) in [6.07, 6.45) is 2.66. The van der Waals surface area contributed by atoms with E-state index in [-0.39, 0.29) is 5.91 Å². The Labute approximate surface area is 124 Å². The van der Waals surface area contributed by atoms with Crippen LogP contribution in [0.15, 0.2) is 30.5 Å². The third-order valence-corrected chi connectivity index (χ3v) is 3.76. The molecule has 0 aromatic carbocycles. The van der Waals surface area contributed by atoms with Crippen molar-refractivity contribution >= 4 is 5.91 Å². The van der Waals surface area contributed by atoms with Crippen LogP contribution in [0.3, 0.4) is 0 Å². The molecule has 3 rings (SSSR count). The van der Waals surface area contributed by atoms with Gasteiger partial charge < -0.3 is 14.2 Å². The van der Waals surface area contributed by atoms with Gasteiger partial charge in [0.05, 0.1) is 12.3 Å². The van der Waals surface area contributed by atoms with Gasteiger partial charge in [-0.1, -0.05) is 6.07 Å². The number of carbonyl (C=O) groups excluding carboxylic acids is 1. The predicted molar refractivity (Wildman–Crippen MR) is 79.3 cm³/mol. The van der Waals surface area contributed by atoms with Gasteiger partial charge in [0.2, 0.25) is 5.88 Å². The summed E-state index contributed by atoms with van der Waals surface area (Å²) in [4.78, 5) is 18.9. The Kier molecular flexibility index (Phi) is 3.64. The van der Waals surface area contributed by atoms with Crippen molar-refractivity contribution in [3.05, 3.63) is 47.4 Å². The molecule has 0 atom stereocenters. The van der Waals surface area contributed by atoms with Crippen molar-refractivity contribution in [3.63, 3.8) is 0 Å². The monoisotopic (exact) mass is 285 g/mol. The molecule has 0 fully saturated rings. The summed E-state index contributed by atoms with van der Waals surface area (Å²) >= 11 is 0. The number of rotatable bonds is 3. The molecule has 5 heteroatoms. The van der Waals surface area contributed by atoms with Gasteiger partial charge in [-0.15, -0.1) is 0 Å². The molecule has 0 radical (unpaired) electrons. The van der Waals surface area contributed by atoms with E-state index in [0.717, 1.165) is 23.4 Å². The molecular formula is C16H19N3O2. The fourth-order valence-corrected chi connectivity index (χ4v) is 2.64. The van der Waals surface area contributed by atoms with Crippen molar-refractivity contribution in [1.82, 2.24) is 14.5 Å². The molecule has 0 saturated heterocycles. The molecule has 5 nitrogen and oxygen atoms in total. The molecule has 2 aromatic rings. The van der Waals surface area contributed by atoms with Crippen LogP contribution in [0.2, 0.25) is 0 Å². The molecule has 0 spiro atoms. The lowest BCUT2D eigenvalue weighted by atomic mass is 10.1. The normalized spacial score (nSPS) is 13.9. The number of aromatic nitrogens is 2. The highest BCUT2D eigenvalue weighted by atomic mass is 16.5. The van der Waals surface area contributed by atoms with E-state index >= 15 is 0 Å². The zero-order valence-electron chi connectivity index (χ0n) is 12.4. The fourth-order valence-electron chi connectivity index (χ4n) is 2.64. The van der Waals surface area contributed by atoms with Gasteiger partial charge in [-0.3, -0.25) is 4.79 Å². The molecule has 1 aliphatic rings. The Balaban J connectivity index is 1.78. The Hall–Kier alpha value is -2.30. The van der Waals surface area contributed by atoms with Crippen LogP contribution in [-0.4, -0.2) is 33.5 Å².